The Hall–Kier alpha value is -1.80. The highest BCUT2D eigenvalue weighted by molar-refractivity contribution is 7.13. The van der Waals surface area contributed by atoms with Gasteiger partial charge in [-0.1, -0.05) is 18.3 Å². The highest BCUT2D eigenvalue weighted by Gasteiger charge is 2.41. The Morgan fingerprint density at radius 3 is 2.79 bits per heavy atom. The molecule has 2 aromatic heterocycles. The third kappa shape index (κ3) is 3.08. The molecule has 2 aromatic rings. The maximum Gasteiger partial charge on any atom is 0.225 e. The maximum atomic E-state index is 6.25. The van der Waals surface area contributed by atoms with Crippen LogP contribution in [0.1, 0.15) is 25.3 Å². The molecule has 7 nitrogen and oxygen atoms in total. The van der Waals surface area contributed by atoms with Crippen LogP contribution in [0.15, 0.2) is 17.9 Å². The lowest BCUT2D eigenvalue weighted by Crippen LogP contribution is -2.60. The van der Waals surface area contributed by atoms with E-state index in [-0.39, 0.29) is 5.60 Å². The summed E-state index contributed by atoms with van der Waals surface area (Å²) in [4.78, 5) is 13.6. The van der Waals surface area contributed by atoms with Crippen LogP contribution in [0.3, 0.4) is 0 Å². The fourth-order valence-electron chi connectivity index (χ4n) is 3.52. The lowest BCUT2D eigenvalue weighted by atomic mass is 9.91. The van der Waals surface area contributed by atoms with Crippen LogP contribution in [0, 0.1) is 0 Å². The van der Waals surface area contributed by atoms with Crippen molar-refractivity contribution in [3.05, 3.63) is 23.5 Å². The summed E-state index contributed by atoms with van der Waals surface area (Å²) in [7, 11) is 0. The summed E-state index contributed by atoms with van der Waals surface area (Å²) in [5.74, 6) is 0.808. The summed E-state index contributed by atoms with van der Waals surface area (Å²) < 4.78 is 6.25. The number of anilines is 2. The van der Waals surface area contributed by atoms with Gasteiger partial charge in [0.15, 0.2) is 0 Å². The molecule has 1 unspecified atom stereocenters. The van der Waals surface area contributed by atoms with Gasteiger partial charge >= 0.3 is 0 Å². The van der Waals surface area contributed by atoms with E-state index in [1.807, 2.05) is 12.4 Å². The molecule has 2 fully saturated rings. The fraction of sp³-hybridized carbons (Fsp3) is 0.625. The third-order valence-electron chi connectivity index (χ3n) is 4.79. The molecule has 2 saturated heterocycles. The van der Waals surface area contributed by atoms with Crippen LogP contribution in [0.25, 0.3) is 0 Å². The lowest BCUT2D eigenvalue weighted by molar-refractivity contribution is -0.0632. The standard InChI is InChI=1S/C16H22N6OS/c1-2-13-8-17-14(18-9-13)21-6-7-23-16(10-21)4-3-5-22(11-16)15-20-19-12-24-15/h8-9,12H,2-7,10-11H2,1H3. The Kier molecular flexibility index (Phi) is 4.32. The Balaban J connectivity index is 1.50. The van der Waals surface area contributed by atoms with E-state index in [4.69, 9.17) is 4.74 Å². The molecule has 24 heavy (non-hydrogen) atoms. The summed E-state index contributed by atoms with van der Waals surface area (Å²) in [5.41, 5.74) is 2.78. The molecule has 0 saturated carbocycles. The fourth-order valence-corrected chi connectivity index (χ4v) is 4.11. The summed E-state index contributed by atoms with van der Waals surface area (Å²) in [6, 6.07) is 0. The quantitative estimate of drug-likeness (QED) is 0.839. The molecule has 0 aliphatic carbocycles. The van der Waals surface area contributed by atoms with Gasteiger partial charge in [-0.05, 0) is 24.8 Å². The third-order valence-corrected chi connectivity index (χ3v) is 5.54. The normalized spacial score (nSPS) is 24.5. The van der Waals surface area contributed by atoms with Gasteiger partial charge in [-0.2, -0.15) is 0 Å². The molecule has 0 N–H and O–H groups in total. The zero-order valence-electron chi connectivity index (χ0n) is 13.9. The first-order chi connectivity index (χ1) is 11.8. The van der Waals surface area contributed by atoms with Gasteiger partial charge in [-0.15, -0.1) is 10.2 Å². The SMILES string of the molecule is CCc1cnc(N2CCOC3(CCCN(c4nncs4)C3)C2)nc1. The second kappa shape index (κ2) is 6.60. The van der Waals surface area contributed by atoms with Gasteiger partial charge in [-0.25, -0.2) is 9.97 Å². The predicted molar refractivity (Wildman–Crippen MR) is 93.7 cm³/mol. The maximum absolute atomic E-state index is 6.25. The number of morpholine rings is 1. The first-order valence-electron chi connectivity index (χ1n) is 8.49. The van der Waals surface area contributed by atoms with Gasteiger partial charge < -0.3 is 14.5 Å². The van der Waals surface area contributed by atoms with E-state index in [2.05, 4.69) is 36.9 Å². The van der Waals surface area contributed by atoms with E-state index in [9.17, 15) is 0 Å². The number of aryl methyl sites for hydroxylation is 1. The van der Waals surface area contributed by atoms with Crippen molar-refractivity contribution in [2.24, 2.45) is 0 Å². The Labute approximate surface area is 145 Å². The Morgan fingerprint density at radius 2 is 2.04 bits per heavy atom. The van der Waals surface area contributed by atoms with Gasteiger partial charge in [0.25, 0.3) is 0 Å². The van der Waals surface area contributed by atoms with Crippen molar-refractivity contribution >= 4 is 22.4 Å². The predicted octanol–water partition coefficient (Wildman–Crippen LogP) is 1.77. The number of hydrogen-bond acceptors (Lipinski definition) is 8. The Bertz CT molecular complexity index is 660. The van der Waals surface area contributed by atoms with Crippen LogP contribution in [-0.2, 0) is 11.2 Å². The van der Waals surface area contributed by atoms with Crippen molar-refractivity contribution < 1.29 is 4.74 Å². The molecule has 8 heteroatoms. The van der Waals surface area contributed by atoms with E-state index < -0.39 is 0 Å². The molecular weight excluding hydrogens is 324 g/mol. The van der Waals surface area contributed by atoms with E-state index in [0.717, 1.165) is 56.5 Å². The minimum Gasteiger partial charge on any atom is -0.369 e. The molecule has 0 amide bonds. The van der Waals surface area contributed by atoms with Crippen LogP contribution in [0.2, 0.25) is 0 Å². The van der Waals surface area contributed by atoms with Gasteiger partial charge in [-0.3, -0.25) is 0 Å². The Morgan fingerprint density at radius 1 is 1.21 bits per heavy atom. The molecule has 0 radical (unpaired) electrons. The van der Waals surface area contributed by atoms with Crippen molar-refractivity contribution in [3.63, 3.8) is 0 Å². The van der Waals surface area contributed by atoms with E-state index >= 15 is 0 Å². The smallest absolute Gasteiger partial charge is 0.225 e. The molecule has 1 atom stereocenters. The molecule has 1 spiro atoms. The van der Waals surface area contributed by atoms with Crippen LogP contribution in [0.5, 0.6) is 0 Å². The van der Waals surface area contributed by atoms with Crippen molar-refractivity contribution in [1.82, 2.24) is 20.2 Å². The summed E-state index contributed by atoms with van der Waals surface area (Å²) >= 11 is 1.59. The first-order valence-corrected chi connectivity index (χ1v) is 9.37. The molecule has 0 bridgehead atoms. The average Bonchev–Trinajstić information content (AvgIpc) is 3.17. The number of piperidine rings is 1. The van der Waals surface area contributed by atoms with Gasteiger partial charge in [0, 0.05) is 25.5 Å². The summed E-state index contributed by atoms with van der Waals surface area (Å²) in [6.45, 7) is 6.36. The molecule has 4 rings (SSSR count). The van der Waals surface area contributed by atoms with Crippen LogP contribution in [-0.4, -0.2) is 58.6 Å². The van der Waals surface area contributed by atoms with Gasteiger partial charge in [0.2, 0.25) is 11.1 Å². The van der Waals surface area contributed by atoms with Crippen LogP contribution in [0.4, 0.5) is 11.1 Å². The van der Waals surface area contributed by atoms with E-state index in [1.165, 1.54) is 5.56 Å². The van der Waals surface area contributed by atoms with Crippen LogP contribution >= 0.6 is 11.3 Å². The van der Waals surface area contributed by atoms with Gasteiger partial charge in [0.1, 0.15) is 11.1 Å². The zero-order valence-corrected chi connectivity index (χ0v) is 14.7. The minimum absolute atomic E-state index is 0.172. The average molecular weight is 346 g/mol. The highest BCUT2D eigenvalue weighted by Crippen LogP contribution is 2.32. The minimum atomic E-state index is -0.172. The number of aromatic nitrogens is 4. The van der Waals surface area contributed by atoms with Crippen molar-refractivity contribution in [3.8, 4) is 0 Å². The van der Waals surface area contributed by atoms with Gasteiger partial charge in [0.05, 0.1) is 19.7 Å². The topological polar surface area (TPSA) is 67.3 Å². The molecule has 2 aliphatic rings. The largest absolute Gasteiger partial charge is 0.369 e. The molecule has 4 heterocycles. The zero-order chi connectivity index (χ0) is 16.4. The van der Waals surface area contributed by atoms with Crippen molar-refractivity contribution in [2.75, 3.05) is 42.6 Å². The number of hydrogen-bond donors (Lipinski definition) is 0. The van der Waals surface area contributed by atoms with Crippen molar-refractivity contribution in [1.29, 1.82) is 0 Å². The van der Waals surface area contributed by atoms with Crippen LogP contribution < -0.4 is 9.80 Å². The highest BCUT2D eigenvalue weighted by atomic mass is 32.1. The molecule has 0 aromatic carbocycles. The molecular formula is C16H22N6OS. The number of rotatable bonds is 3. The second-order valence-electron chi connectivity index (χ2n) is 6.44. The molecule has 128 valence electrons. The first kappa shape index (κ1) is 15.7. The summed E-state index contributed by atoms with van der Waals surface area (Å²) in [5, 5.41) is 9.16. The van der Waals surface area contributed by atoms with E-state index in [0.29, 0.717) is 6.61 Å². The summed E-state index contributed by atoms with van der Waals surface area (Å²) in [6.07, 6.45) is 6.98. The monoisotopic (exact) mass is 346 g/mol. The molecule has 2 aliphatic heterocycles. The second-order valence-corrected chi connectivity index (χ2v) is 7.26. The number of ether oxygens (including phenoxy) is 1. The lowest BCUT2D eigenvalue weighted by Gasteiger charge is -2.47. The van der Waals surface area contributed by atoms with E-state index in [1.54, 1.807) is 16.8 Å². The number of nitrogens with zero attached hydrogens (tertiary/aromatic N) is 6. The van der Waals surface area contributed by atoms with Crippen molar-refractivity contribution in [2.45, 2.75) is 31.8 Å².